The molecule has 1 aliphatic rings. The minimum absolute atomic E-state index is 0.0405. The van der Waals surface area contributed by atoms with Crippen molar-refractivity contribution in [2.24, 2.45) is 0 Å². The van der Waals surface area contributed by atoms with E-state index in [1.807, 2.05) is 37.3 Å². The van der Waals surface area contributed by atoms with E-state index < -0.39 is 0 Å². The summed E-state index contributed by atoms with van der Waals surface area (Å²) in [5.74, 6) is 1.53. The highest BCUT2D eigenvalue weighted by molar-refractivity contribution is 5.96. The summed E-state index contributed by atoms with van der Waals surface area (Å²) in [5, 5.41) is 11.6. The van der Waals surface area contributed by atoms with Crippen molar-refractivity contribution < 1.29 is 4.79 Å². The van der Waals surface area contributed by atoms with Gasteiger partial charge in [-0.3, -0.25) is 14.6 Å². The largest absolute Gasteiger partial charge is 0.328 e. The fourth-order valence-electron chi connectivity index (χ4n) is 3.25. The first-order valence-electron chi connectivity index (χ1n) is 7.76. The lowest BCUT2D eigenvalue weighted by molar-refractivity contribution is 0.0728. The summed E-state index contributed by atoms with van der Waals surface area (Å²) < 4.78 is 1.88. The zero-order chi connectivity index (χ0) is 15.9. The van der Waals surface area contributed by atoms with Crippen LogP contribution in [0.15, 0.2) is 0 Å². The molecule has 7 heteroatoms. The Balaban J connectivity index is 1.93. The van der Waals surface area contributed by atoms with Gasteiger partial charge in [0.2, 0.25) is 0 Å². The van der Waals surface area contributed by atoms with Crippen LogP contribution in [0.25, 0.3) is 0 Å². The second-order valence-corrected chi connectivity index (χ2v) is 5.80. The van der Waals surface area contributed by atoms with E-state index in [2.05, 4.69) is 20.3 Å². The van der Waals surface area contributed by atoms with E-state index in [9.17, 15) is 4.79 Å². The quantitative estimate of drug-likeness (QED) is 0.939. The Hall–Kier alpha value is -2.18. The Kier molecular flexibility index (Phi) is 3.72. The van der Waals surface area contributed by atoms with Crippen molar-refractivity contribution in [3.63, 3.8) is 0 Å². The predicted octanol–water partition coefficient (Wildman–Crippen LogP) is 1.92. The summed E-state index contributed by atoms with van der Waals surface area (Å²) >= 11 is 0. The summed E-state index contributed by atoms with van der Waals surface area (Å²) in [5.41, 5.74) is 2.45. The zero-order valence-corrected chi connectivity index (χ0v) is 13.6. The molecule has 2 aromatic heterocycles. The topological polar surface area (TPSA) is 79.7 Å². The predicted molar refractivity (Wildman–Crippen MR) is 81.5 cm³/mol. The standard InChI is InChI=1S/C15H22N6O/c1-5-21-10(3)13(9(2)19-21)15(22)20-8-6-7-12(20)14-16-11(4)17-18-14/h12H,5-8H2,1-4H3,(H,16,17,18). The lowest BCUT2D eigenvalue weighted by atomic mass is 10.1. The van der Waals surface area contributed by atoms with Crippen molar-refractivity contribution in [2.45, 2.75) is 53.1 Å². The molecule has 0 radical (unpaired) electrons. The smallest absolute Gasteiger partial charge is 0.258 e. The average molecular weight is 302 g/mol. The molecule has 3 rings (SSSR count). The van der Waals surface area contributed by atoms with Crippen LogP contribution in [0.4, 0.5) is 0 Å². The maximum atomic E-state index is 13.0. The minimum atomic E-state index is -0.0405. The third kappa shape index (κ3) is 2.30. The second kappa shape index (κ2) is 5.55. The normalized spacial score (nSPS) is 18.2. The molecule has 0 saturated carbocycles. The van der Waals surface area contributed by atoms with Gasteiger partial charge in [0, 0.05) is 18.8 Å². The molecule has 1 amide bonds. The van der Waals surface area contributed by atoms with Crippen LogP contribution < -0.4 is 0 Å². The van der Waals surface area contributed by atoms with Crippen molar-refractivity contribution in [3.05, 3.63) is 28.6 Å². The highest BCUT2D eigenvalue weighted by Crippen LogP contribution is 2.32. The molecule has 0 aromatic carbocycles. The Morgan fingerprint density at radius 1 is 1.36 bits per heavy atom. The molecule has 3 heterocycles. The number of rotatable bonds is 3. The molecule has 118 valence electrons. The molecule has 0 spiro atoms. The van der Waals surface area contributed by atoms with Gasteiger partial charge in [0.1, 0.15) is 5.82 Å². The van der Waals surface area contributed by atoms with Crippen molar-refractivity contribution in [1.82, 2.24) is 29.9 Å². The third-order valence-electron chi connectivity index (χ3n) is 4.32. The molecule has 1 fully saturated rings. The van der Waals surface area contributed by atoms with E-state index in [4.69, 9.17) is 0 Å². The number of aromatic nitrogens is 5. The van der Waals surface area contributed by atoms with Gasteiger partial charge in [-0.2, -0.15) is 10.2 Å². The number of aromatic amines is 1. The maximum Gasteiger partial charge on any atom is 0.258 e. The van der Waals surface area contributed by atoms with E-state index in [-0.39, 0.29) is 11.9 Å². The van der Waals surface area contributed by atoms with Gasteiger partial charge in [-0.15, -0.1) is 0 Å². The number of carbonyl (C=O) groups is 1. The van der Waals surface area contributed by atoms with Gasteiger partial charge in [-0.05, 0) is 40.5 Å². The number of aryl methyl sites for hydroxylation is 3. The van der Waals surface area contributed by atoms with Crippen LogP contribution in [-0.2, 0) is 6.54 Å². The summed E-state index contributed by atoms with van der Waals surface area (Å²) in [6.07, 6.45) is 1.88. The summed E-state index contributed by atoms with van der Waals surface area (Å²) in [4.78, 5) is 19.3. The van der Waals surface area contributed by atoms with Crippen LogP contribution in [0.5, 0.6) is 0 Å². The number of hydrogen-bond donors (Lipinski definition) is 1. The van der Waals surface area contributed by atoms with Crippen molar-refractivity contribution in [2.75, 3.05) is 6.54 Å². The number of nitrogens with zero attached hydrogens (tertiary/aromatic N) is 5. The van der Waals surface area contributed by atoms with E-state index in [0.29, 0.717) is 5.82 Å². The van der Waals surface area contributed by atoms with E-state index in [1.165, 1.54) is 0 Å². The molecular formula is C15H22N6O. The molecule has 1 saturated heterocycles. The van der Waals surface area contributed by atoms with E-state index in [0.717, 1.165) is 48.7 Å². The Morgan fingerprint density at radius 2 is 2.14 bits per heavy atom. The highest BCUT2D eigenvalue weighted by atomic mass is 16.2. The van der Waals surface area contributed by atoms with Crippen LogP contribution in [-0.4, -0.2) is 42.3 Å². The van der Waals surface area contributed by atoms with Gasteiger partial charge < -0.3 is 4.90 Å². The van der Waals surface area contributed by atoms with Gasteiger partial charge in [0.15, 0.2) is 5.82 Å². The minimum Gasteiger partial charge on any atom is -0.328 e. The molecule has 1 aliphatic heterocycles. The lowest BCUT2D eigenvalue weighted by Gasteiger charge is -2.22. The molecule has 7 nitrogen and oxygen atoms in total. The summed E-state index contributed by atoms with van der Waals surface area (Å²) in [6.45, 7) is 9.27. The fraction of sp³-hybridized carbons (Fsp3) is 0.600. The van der Waals surface area contributed by atoms with Crippen LogP contribution in [0.2, 0.25) is 0 Å². The molecule has 1 atom stereocenters. The highest BCUT2D eigenvalue weighted by Gasteiger charge is 2.35. The molecule has 1 N–H and O–H groups in total. The first kappa shape index (κ1) is 14.7. The second-order valence-electron chi connectivity index (χ2n) is 5.80. The average Bonchev–Trinajstić information content (AvgIpc) is 3.17. The maximum absolute atomic E-state index is 13.0. The lowest BCUT2D eigenvalue weighted by Crippen LogP contribution is -2.32. The number of hydrogen-bond acceptors (Lipinski definition) is 4. The summed E-state index contributed by atoms with van der Waals surface area (Å²) in [6, 6.07) is -0.0405. The molecule has 1 unspecified atom stereocenters. The van der Waals surface area contributed by atoms with Crippen molar-refractivity contribution >= 4 is 5.91 Å². The molecule has 2 aromatic rings. The van der Waals surface area contributed by atoms with Crippen LogP contribution in [0.1, 0.15) is 59.2 Å². The van der Waals surface area contributed by atoms with Crippen LogP contribution in [0.3, 0.4) is 0 Å². The van der Waals surface area contributed by atoms with Crippen LogP contribution >= 0.6 is 0 Å². The molecular weight excluding hydrogens is 280 g/mol. The number of nitrogens with one attached hydrogen (secondary N) is 1. The van der Waals surface area contributed by atoms with Gasteiger partial charge in [-0.25, -0.2) is 4.98 Å². The number of amides is 1. The van der Waals surface area contributed by atoms with Crippen molar-refractivity contribution in [1.29, 1.82) is 0 Å². The number of carbonyl (C=O) groups excluding carboxylic acids is 1. The molecule has 0 bridgehead atoms. The third-order valence-corrected chi connectivity index (χ3v) is 4.32. The SMILES string of the molecule is CCn1nc(C)c(C(=O)N2CCCC2c2n[nH]c(C)n2)c1C. The van der Waals surface area contributed by atoms with Crippen molar-refractivity contribution in [3.8, 4) is 0 Å². The van der Waals surface area contributed by atoms with E-state index >= 15 is 0 Å². The summed E-state index contributed by atoms with van der Waals surface area (Å²) in [7, 11) is 0. The zero-order valence-electron chi connectivity index (χ0n) is 13.6. The first-order valence-corrected chi connectivity index (χ1v) is 7.76. The molecule has 0 aliphatic carbocycles. The van der Waals surface area contributed by atoms with Gasteiger partial charge in [0.05, 0.1) is 17.3 Å². The number of likely N-dealkylation sites (tertiary alicyclic amines) is 1. The Morgan fingerprint density at radius 3 is 2.73 bits per heavy atom. The monoisotopic (exact) mass is 302 g/mol. The van der Waals surface area contributed by atoms with Gasteiger partial charge in [0.25, 0.3) is 5.91 Å². The van der Waals surface area contributed by atoms with Gasteiger partial charge in [-0.1, -0.05) is 0 Å². The Bertz CT molecular complexity index is 701. The van der Waals surface area contributed by atoms with E-state index in [1.54, 1.807) is 0 Å². The first-order chi connectivity index (χ1) is 10.5. The molecule has 22 heavy (non-hydrogen) atoms. The fourth-order valence-corrected chi connectivity index (χ4v) is 3.25. The number of H-pyrrole nitrogens is 1. The Labute approximate surface area is 129 Å². The van der Waals surface area contributed by atoms with Gasteiger partial charge >= 0.3 is 0 Å². The van der Waals surface area contributed by atoms with Crippen LogP contribution in [0, 0.1) is 20.8 Å².